The second-order valence-corrected chi connectivity index (χ2v) is 9.13. The lowest BCUT2D eigenvalue weighted by Crippen LogP contribution is -2.40. The van der Waals surface area contributed by atoms with Gasteiger partial charge in [-0.1, -0.05) is 36.4 Å². The number of benzene rings is 1. The minimum atomic E-state index is -0.0522. The molecule has 5 rings (SSSR count). The topological polar surface area (TPSA) is 80.0 Å². The van der Waals surface area contributed by atoms with Gasteiger partial charge in [0.25, 0.3) is 5.91 Å². The molecule has 0 bridgehead atoms. The fourth-order valence-corrected chi connectivity index (χ4v) is 4.57. The highest BCUT2D eigenvalue weighted by molar-refractivity contribution is 5.93. The molecule has 1 amide bonds. The molecule has 178 valence electrons. The summed E-state index contributed by atoms with van der Waals surface area (Å²) in [5.41, 5.74) is 5.18. The van der Waals surface area contributed by atoms with Gasteiger partial charge in [0.05, 0.1) is 17.6 Å². The minimum absolute atomic E-state index is 0.0522. The molecule has 4 heterocycles. The van der Waals surface area contributed by atoms with Crippen LogP contribution < -0.4 is 4.90 Å². The van der Waals surface area contributed by atoms with E-state index in [9.17, 15) is 4.79 Å². The molecule has 0 unspecified atom stereocenters. The Bertz CT molecular complexity index is 1330. The van der Waals surface area contributed by atoms with Crippen molar-refractivity contribution in [1.82, 2.24) is 29.6 Å². The molecule has 0 saturated carbocycles. The van der Waals surface area contributed by atoms with E-state index in [-0.39, 0.29) is 11.8 Å². The van der Waals surface area contributed by atoms with Crippen LogP contribution in [0, 0.1) is 0 Å². The number of pyridine rings is 1. The predicted octanol–water partition coefficient (Wildman–Crippen LogP) is 4.02. The lowest BCUT2D eigenvalue weighted by molar-refractivity contribution is 0.0700. The van der Waals surface area contributed by atoms with E-state index in [0.29, 0.717) is 24.7 Å². The van der Waals surface area contributed by atoms with Gasteiger partial charge in [0, 0.05) is 63.7 Å². The molecule has 8 nitrogen and oxygen atoms in total. The molecule has 4 aromatic rings. The van der Waals surface area contributed by atoms with Gasteiger partial charge in [0.15, 0.2) is 0 Å². The Hall–Kier alpha value is -4.07. The summed E-state index contributed by atoms with van der Waals surface area (Å²) in [7, 11) is 5.75. The van der Waals surface area contributed by atoms with Crippen molar-refractivity contribution in [2.45, 2.75) is 18.8 Å². The number of aryl methyl sites for hydroxylation is 1. The van der Waals surface area contributed by atoms with Crippen LogP contribution in [0.15, 0.2) is 67.1 Å². The number of anilines is 1. The van der Waals surface area contributed by atoms with E-state index in [2.05, 4.69) is 27.2 Å². The molecular weight excluding hydrogens is 438 g/mol. The smallest absolute Gasteiger partial charge is 0.272 e. The average Bonchev–Trinajstić information content (AvgIpc) is 3.35. The number of hydrogen-bond acceptors (Lipinski definition) is 6. The lowest BCUT2D eigenvalue weighted by Gasteiger charge is -2.33. The minimum Gasteiger partial charge on any atom is -0.347 e. The molecule has 1 fully saturated rings. The monoisotopic (exact) mass is 467 g/mol. The first kappa shape index (κ1) is 22.7. The number of aromatic nitrogens is 5. The van der Waals surface area contributed by atoms with Crippen molar-refractivity contribution in [3.63, 3.8) is 0 Å². The van der Waals surface area contributed by atoms with Crippen LogP contribution in [0.5, 0.6) is 0 Å². The first-order valence-corrected chi connectivity index (χ1v) is 11.8. The van der Waals surface area contributed by atoms with Gasteiger partial charge in [-0.05, 0) is 30.5 Å². The van der Waals surface area contributed by atoms with Gasteiger partial charge >= 0.3 is 0 Å². The molecule has 1 atom stereocenters. The lowest BCUT2D eigenvalue weighted by atomic mass is 9.89. The molecule has 1 saturated heterocycles. The van der Waals surface area contributed by atoms with Gasteiger partial charge in [-0.2, -0.15) is 5.10 Å². The van der Waals surface area contributed by atoms with Crippen molar-refractivity contribution in [2.24, 2.45) is 7.05 Å². The summed E-state index contributed by atoms with van der Waals surface area (Å²) in [5, 5.41) is 4.22. The third kappa shape index (κ3) is 4.77. The summed E-state index contributed by atoms with van der Waals surface area (Å²) in [6.45, 7) is 1.31. The van der Waals surface area contributed by atoms with Gasteiger partial charge in [-0.3, -0.25) is 9.48 Å². The molecule has 0 N–H and O–H groups in total. The van der Waals surface area contributed by atoms with Crippen LogP contribution >= 0.6 is 0 Å². The van der Waals surface area contributed by atoms with Crippen molar-refractivity contribution in [1.29, 1.82) is 0 Å². The summed E-state index contributed by atoms with van der Waals surface area (Å²) >= 11 is 0. The first-order chi connectivity index (χ1) is 17.0. The van der Waals surface area contributed by atoms with Gasteiger partial charge in [-0.15, -0.1) is 0 Å². The summed E-state index contributed by atoms with van der Waals surface area (Å²) < 4.78 is 1.73. The Morgan fingerprint density at radius 1 is 1.00 bits per heavy atom. The Kier molecular flexibility index (Phi) is 6.27. The highest BCUT2D eigenvalue weighted by atomic mass is 16.2. The molecule has 8 heteroatoms. The number of amides is 1. The molecule has 1 aromatic carbocycles. The van der Waals surface area contributed by atoms with Gasteiger partial charge < -0.3 is 9.80 Å². The molecule has 0 radical (unpaired) electrons. The number of carbonyl (C=O) groups excluding carboxylic acids is 1. The number of hydrogen-bond donors (Lipinski definition) is 0. The summed E-state index contributed by atoms with van der Waals surface area (Å²) in [6.07, 6.45) is 7.45. The zero-order valence-corrected chi connectivity index (χ0v) is 20.3. The summed E-state index contributed by atoms with van der Waals surface area (Å²) in [4.78, 5) is 31.5. The number of nitrogens with zero attached hydrogens (tertiary/aromatic N) is 7. The molecular formula is C27H29N7O. The Balaban J connectivity index is 1.44. The zero-order valence-electron chi connectivity index (χ0n) is 20.3. The zero-order chi connectivity index (χ0) is 24.4. The van der Waals surface area contributed by atoms with E-state index in [1.165, 1.54) is 0 Å². The van der Waals surface area contributed by atoms with E-state index in [1.807, 2.05) is 73.7 Å². The van der Waals surface area contributed by atoms with Gasteiger partial charge in [0.2, 0.25) is 5.95 Å². The third-order valence-corrected chi connectivity index (χ3v) is 6.35. The van der Waals surface area contributed by atoms with Crippen LogP contribution in [0.3, 0.4) is 0 Å². The molecule has 35 heavy (non-hydrogen) atoms. The maximum Gasteiger partial charge on any atom is 0.272 e. The van der Waals surface area contributed by atoms with Crippen molar-refractivity contribution in [3.8, 4) is 22.4 Å². The molecule has 3 aromatic heterocycles. The van der Waals surface area contributed by atoms with E-state index < -0.39 is 0 Å². The van der Waals surface area contributed by atoms with E-state index >= 15 is 0 Å². The molecule has 1 aliphatic heterocycles. The molecule has 0 aliphatic carbocycles. The first-order valence-electron chi connectivity index (χ1n) is 11.8. The highest BCUT2D eigenvalue weighted by Crippen LogP contribution is 2.34. The van der Waals surface area contributed by atoms with Crippen LogP contribution in [0.2, 0.25) is 0 Å². The summed E-state index contributed by atoms with van der Waals surface area (Å²) in [6, 6.07) is 15.8. The van der Waals surface area contributed by atoms with Crippen molar-refractivity contribution in [3.05, 3.63) is 78.5 Å². The predicted molar refractivity (Wildman–Crippen MR) is 136 cm³/mol. The van der Waals surface area contributed by atoms with Crippen LogP contribution in [-0.4, -0.2) is 62.7 Å². The van der Waals surface area contributed by atoms with Crippen LogP contribution in [-0.2, 0) is 7.05 Å². The average molecular weight is 468 g/mol. The third-order valence-electron chi connectivity index (χ3n) is 6.35. The van der Waals surface area contributed by atoms with E-state index in [1.54, 1.807) is 16.9 Å². The van der Waals surface area contributed by atoms with Gasteiger partial charge in [-0.25, -0.2) is 15.0 Å². The van der Waals surface area contributed by atoms with Crippen molar-refractivity contribution in [2.75, 3.05) is 32.1 Å². The second kappa shape index (κ2) is 9.66. The number of carbonyl (C=O) groups is 1. The van der Waals surface area contributed by atoms with Crippen molar-refractivity contribution >= 4 is 11.9 Å². The Morgan fingerprint density at radius 3 is 2.57 bits per heavy atom. The maximum atomic E-state index is 13.5. The quantitative estimate of drug-likeness (QED) is 0.441. The largest absolute Gasteiger partial charge is 0.347 e. The van der Waals surface area contributed by atoms with E-state index in [0.717, 1.165) is 40.9 Å². The fraction of sp³-hybridized carbons (Fsp3) is 0.296. The fourth-order valence-electron chi connectivity index (χ4n) is 4.57. The Morgan fingerprint density at radius 2 is 1.83 bits per heavy atom. The second-order valence-electron chi connectivity index (χ2n) is 9.13. The van der Waals surface area contributed by atoms with Crippen molar-refractivity contribution < 1.29 is 4.79 Å². The normalized spacial score (nSPS) is 15.7. The Labute approximate surface area is 205 Å². The van der Waals surface area contributed by atoms with E-state index in [4.69, 9.17) is 4.98 Å². The highest BCUT2D eigenvalue weighted by Gasteiger charge is 2.29. The number of rotatable bonds is 5. The van der Waals surface area contributed by atoms with Crippen LogP contribution in [0.4, 0.5) is 5.95 Å². The maximum absolute atomic E-state index is 13.5. The van der Waals surface area contributed by atoms with Gasteiger partial charge in [0.1, 0.15) is 5.69 Å². The van der Waals surface area contributed by atoms with Crippen LogP contribution in [0.1, 0.15) is 34.9 Å². The molecule has 0 spiro atoms. The number of likely N-dealkylation sites (tertiary alicyclic amines) is 1. The SMILES string of the molecule is CN(C)c1ncc(-c2ccccc2)c([C@H]2CCCN(C(=O)c3cccc(-c4cnn(C)c4)n3)C2)n1. The number of piperidine rings is 1. The molecule has 1 aliphatic rings. The summed E-state index contributed by atoms with van der Waals surface area (Å²) in [5.74, 6) is 0.740. The standard InChI is InChI=1S/C27H29N7O/c1-32(2)27-28-16-22(19-9-5-4-6-10-19)25(31-27)20-11-8-14-34(18-20)26(35)24-13-7-12-23(30-24)21-15-29-33(3)17-21/h4-7,9-10,12-13,15-17,20H,8,11,14,18H2,1-3H3/t20-/m0/s1. The van der Waals surface area contributed by atoms with Crippen LogP contribution in [0.25, 0.3) is 22.4 Å².